The summed E-state index contributed by atoms with van der Waals surface area (Å²) in [5.74, 6) is 0. The fourth-order valence-corrected chi connectivity index (χ4v) is 2.58. The Labute approximate surface area is 138 Å². The standard InChI is InChI=1S/C17H16N4OS/c1-3-5-12(6-4-2)19-13-7-9-14(10-8-13)20-17-15(11-18)16(22)21-23-17/h3-10,19-20H,1H2,2H3,(H,21,22)/b6-4-,12-5+. The lowest BCUT2D eigenvalue weighted by Gasteiger charge is -2.09. The van der Waals surface area contributed by atoms with Gasteiger partial charge in [-0.1, -0.05) is 18.7 Å². The number of anilines is 3. The molecule has 6 heteroatoms. The summed E-state index contributed by atoms with van der Waals surface area (Å²) in [6, 6.07) is 9.45. The van der Waals surface area contributed by atoms with Gasteiger partial charge in [0.15, 0.2) is 5.56 Å². The predicted molar refractivity (Wildman–Crippen MR) is 96.1 cm³/mol. The zero-order valence-electron chi connectivity index (χ0n) is 12.6. The number of rotatable bonds is 6. The lowest BCUT2D eigenvalue weighted by molar-refractivity contribution is 1.38. The second-order valence-corrected chi connectivity index (χ2v) is 5.35. The van der Waals surface area contributed by atoms with Crippen molar-refractivity contribution < 1.29 is 0 Å². The second-order valence-electron chi connectivity index (χ2n) is 4.53. The monoisotopic (exact) mass is 324 g/mol. The third-order valence-electron chi connectivity index (χ3n) is 2.89. The summed E-state index contributed by atoms with van der Waals surface area (Å²) in [6.07, 6.45) is 7.48. The van der Waals surface area contributed by atoms with E-state index in [2.05, 4.69) is 21.6 Å². The average Bonchev–Trinajstić information content (AvgIpc) is 2.89. The second kappa shape index (κ2) is 7.82. The molecule has 0 aliphatic rings. The fraction of sp³-hybridized carbons (Fsp3) is 0.0588. The molecule has 0 spiro atoms. The van der Waals surface area contributed by atoms with Gasteiger partial charge in [0.25, 0.3) is 5.56 Å². The largest absolute Gasteiger partial charge is 0.356 e. The fourth-order valence-electron chi connectivity index (χ4n) is 1.87. The first-order chi connectivity index (χ1) is 11.2. The highest BCUT2D eigenvalue weighted by atomic mass is 32.1. The molecule has 0 fully saturated rings. The molecule has 23 heavy (non-hydrogen) atoms. The van der Waals surface area contributed by atoms with E-state index in [0.29, 0.717) is 5.00 Å². The summed E-state index contributed by atoms with van der Waals surface area (Å²) in [5.41, 5.74) is 2.37. The number of allylic oxidation sites excluding steroid dienone is 4. The van der Waals surface area contributed by atoms with Crippen LogP contribution in [-0.4, -0.2) is 4.37 Å². The molecule has 0 atom stereocenters. The molecule has 3 N–H and O–H groups in total. The molecule has 0 bridgehead atoms. The maximum Gasteiger partial charge on any atom is 0.278 e. The third-order valence-corrected chi connectivity index (χ3v) is 3.68. The van der Waals surface area contributed by atoms with Gasteiger partial charge >= 0.3 is 0 Å². The minimum atomic E-state index is -0.371. The van der Waals surface area contributed by atoms with Crippen molar-refractivity contribution in [1.82, 2.24) is 4.37 Å². The van der Waals surface area contributed by atoms with Gasteiger partial charge in [-0.05, 0) is 54.9 Å². The molecule has 116 valence electrons. The molecule has 0 unspecified atom stereocenters. The topological polar surface area (TPSA) is 80.7 Å². The van der Waals surface area contributed by atoms with E-state index in [0.717, 1.165) is 28.6 Å². The summed E-state index contributed by atoms with van der Waals surface area (Å²) in [5, 5.41) is 15.8. The van der Waals surface area contributed by atoms with Crippen molar-refractivity contribution >= 4 is 27.9 Å². The Bertz CT molecular complexity index is 835. The Hall–Kier alpha value is -3.04. The summed E-state index contributed by atoms with van der Waals surface area (Å²) in [6.45, 7) is 5.63. The molecular formula is C17H16N4OS. The first kappa shape index (κ1) is 16.3. The molecule has 1 heterocycles. The van der Waals surface area contributed by atoms with Crippen LogP contribution < -0.4 is 16.2 Å². The molecule has 0 aliphatic heterocycles. The van der Waals surface area contributed by atoms with Crippen molar-refractivity contribution in [3.63, 3.8) is 0 Å². The van der Waals surface area contributed by atoms with Crippen LogP contribution >= 0.6 is 11.5 Å². The highest BCUT2D eigenvalue weighted by molar-refractivity contribution is 7.10. The van der Waals surface area contributed by atoms with Crippen LogP contribution in [0.15, 0.2) is 65.6 Å². The van der Waals surface area contributed by atoms with E-state index >= 15 is 0 Å². The SMILES string of the molecule is C=C/C=C(\C=C/C)Nc1ccc(Nc2s[nH]c(=O)c2C#N)cc1. The highest BCUT2D eigenvalue weighted by Gasteiger charge is 2.09. The number of nitrogens with zero attached hydrogens (tertiary/aromatic N) is 1. The first-order valence-electron chi connectivity index (χ1n) is 6.89. The zero-order chi connectivity index (χ0) is 16.7. The van der Waals surface area contributed by atoms with Gasteiger partial charge in [0, 0.05) is 17.1 Å². The van der Waals surface area contributed by atoms with E-state index in [-0.39, 0.29) is 11.1 Å². The van der Waals surface area contributed by atoms with Gasteiger partial charge in [-0.2, -0.15) is 5.26 Å². The summed E-state index contributed by atoms with van der Waals surface area (Å²) < 4.78 is 2.54. The Morgan fingerprint density at radius 1 is 1.35 bits per heavy atom. The number of nitriles is 1. The number of hydrogen-bond donors (Lipinski definition) is 3. The average molecular weight is 324 g/mol. The lowest BCUT2D eigenvalue weighted by atomic mass is 10.2. The van der Waals surface area contributed by atoms with E-state index in [1.165, 1.54) is 0 Å². The van der Waals surface area contributed by atoms with Crippen molar-refractivity contribution in [2.45, 2.75) is 6.92 Å². The molecule has 2 aromatic rings. The number of aromatic nitrogens is 1. The molecule has 1 aromatic carbocycles. The highest BCUT2D eigenvalue weighted by Crippen LogP contribution is 2.23. The number of hydrogen-bond acceptors (Lipinski definition) is 5. The Kier molecular flexibility index (Phi) is 5.56. The van der Waals surface area contributed by atoms with Crippen LogP contribution in [0.2, 0.25) is 0 Å². The van der Waals surface area contributed by atoms with Gasteiger partial charge in [0.1, 0.15) is 11.1 Å². The maximum atomic E-state index is 11.4. The first-order valence-corrected chi connectivity index (χ1v) is 7.70. The summed E-state index contributed by atoms with van der Waals surface area (Å²) in [4.78, 5) is 11.4. The molecule has 0 radical (unpaired) electrons. The Morgan fingerprint density at radius 2 is 2.04 bits per heavy atom. The van der Waals surface area contributed by atoms with Gasteiger partial charge in [0.2, 0.25) is 0 Å². The smallest absolute Gasteiger partial charge is 0.278 e. The van der Waals surface area contributed by atoms with Crippen LogP contribution in [0.25, 0.3) is 0 Å². The summed E-state index contributed by atoms with van der Waals surface area (Å²) >= 11 is 1.11. The van der Waals surface area contributed by atoms with E-state index < -0.39 is 0 Å². The molecule has 0 saturated carbocycles. The molecule has 0 aliphatic carbocycles. The van der Waals surface area contributed by atoms with Crippen LogP contribution in [0, 0.1) is 11.3 Å². The van der Waals surface area contributed by atoms with Gasteiger partial charge in [0.05, 0.1) is 0 Å². The number of nitrogens with one attached hydrogen (secondary N) is 3. The van der Waals surface area contributed by atoms with E-state index in [1.54, 1.807) is 6.08 Å². The normalized spacial score (nSPS) is 11.2. The third kappa shape index (κ3) is 4.22. The van der Waals surface area contributed by atoms with Gasteiger partial charge < -0.3 is 10.6 Å². The molecule has 0 amide bonds. The molecule has 0 saturated heterocycles. The van der Waals surface area contributed by atoms with Crippen LogP contribution in [0.4, 0.5) is 16.4 Å². The van der Waals surface area contributed by atoms with Crippen LogP contribution in [0.1, 0.15) is 12.5 Å². The quantitative estimate of drug-likeness (QED) is 0.699. The molecular weight excluding hydrogens is 308 g/mol. The Balaban J connectivity index is 2.13. The Morgan fingerprint density at radius 3 is 2.65 bits per heavy atom. The number of H-pyrrole nitrogens is 1. The van der Waals surface area contributed by atoms with Crippen molar-refractivity contribution in [1.29, 1.82) is 5.26 Å². The zero-order valence-corrected chi connectivity index (χ0v) is 13.4. The van der Waals surface area contributed by atoms with Crippen molar-refractivity contribution in [2.24, 2.45) is 0 Å². The molecule has 5 nitrogen and oxygen atoms in total. The van der Waals surface area contributed by atoms with Crippen molar-refractivity contribution in [3.05, 3.63) is 76.8 Å². The number of benzene rings is 1. The minimum absolute atomic E-state index is 0.0986. The van der Waals surface area contributed by atoms with Crippen LogP contribution in [-0.2, 0) is 0 Å². The minimum Gasteiger partial charge on any atom is -0.356 e. The predicted octanol–water partition coefficient (Wildman–Crippen LogP) is 4.11. The van der Waals surface area contributed by atoms with Gasteiger partial charge in [-0.3, -0.25) is 9.17 Å². The number of aromatic amines is 1. The van der Waals surface area contributed by atoms with Crippen LogP contribution in [0.3, 0.4) is 0 Å². The lowest BCUT2D eigenvalue weighted by Crippen LogP contribution is -2.02. The van der Waals surface area contributed by atoms with E-state index in [1.807, 2.05) is 55.5 Å². The van der Waals surface area contributed by atoms with E-state index in [9.17, 15) is 4.79 Å². The van der Waals surface area contributed by atoms with Crippen molar-refractivity contribution in [3.8, 4) is 6.07 Å². The maximum absolute atomic E-state index is 11.4. The van der Waals surface area contributed by atoms with E-state index in [4.69, 9.17) is 5.26 Å². The van der Waals surface area contributed by atoms with Crippen molar-refractivity contribution in [2.75, 3.05) is 10.6 Å². The van der Waals surface area contributed by atoms with Gasteiger partial charge in [-0.25, -0.2) is 0 Å². The molecule has 2 rings (SSSR count). The van der Waals surface area contributed by atoms with Crippen LogP contribution in [0.5, 0.6) is 0 Å². The summed E-state index contributed by atoms with van der Waals surface area (Å²) in [7, 11) is 0. The van der Waals surface area contributed by atoms with Gasteiger partial charge in [-0.15, -0.1) is 0 Å². The molecule has 1 aromatic heterocycles.